The van der Waals surface area contributed by atoms with Gasteiger partial charge in [0, 0.05) is 19.2 Å². The molecule has 0 spiro atoms. The standard InChI is InChI=1S/C15H24N2O3/c1-3-5-6-7-10-20-12-13-8-9-15(17(18)19)14(11-13)16-4-2/h8-9,11,16H,3-7,10,12H2,1-2H3. The van der Waals surface area contributed by atoms with Crippen LogP contribution in [-0.4, -0.2) is 18.1 Å². The highest BCUT2D eigenvalue weighted by Gasteiger charge is 2.13. The van der Waals surface area contributed by atoms with Gasteiger partial charge < -0.3 is 10.1 Å². The maximum absolute atomic E-state index is 10.9. The van der Waals surface area contributed by atoms with Crippen LogP contribution in [0.4, 0.5) is 11.4 Å². The van der Waals surface area contributed by atoms with Gasteiger partial charge in [0.15, 0.2) is 0 Å². The van der Waals surface area contributed by atoms with Gasteiger partial charge in [0.25, 0.3) is 5.69 Å². The van der Waals surface area contributed by atoms with Crippen molar-refractivity contribution >= 4 is 11.4 Å². The van der Waals surface area contributed by atoms with Gasteiger partial charge in [0.1, 0.15) is 5.69 Å². The molecule has 0 bridgehead atoms. The van der Waals surface area contributed by atoms with Gasteiger partial charge in [-0.25, -0.2) is 0 Å². The smallest absolute Gasteiger partial charge is 0.292 e. The van der Waals surface area contributed by atoms with Gasteiger partial charge >= 0.3 is 0 Å². The fourth-order valence-electron chi connectivity index (χ4n) is 1.99. The number of nitrogens with zero attached hydrogens (tertiary/aromatic N) is 1. The van der Waals surface area contributed by atoms with Crippen LogP contribution in [0.2, 0.25) is 0 Å². The summed E-state index contributed by atoms with van der Waals surface area (Å²) in [6.45, 7) is 6.00. The third kappa shape index (κ3) is 5.57. The highest BCUT2D eigenvalue weighted by molar-refractivity contribution is 5.62. The van der Waals surface area contributed by atoms with Gasteiger partial charge in [-0.2, -0.15) is 0 Å². The van der Waals surface area contributed by atoms with Crippen molar-refractivity contribution in [2.75, 3.05) is 18.5 Å². The molecule has 0 aliphatic rings. The number of hydrogen-bond acceptors (Lipinski definition) is 4. The summed E-state index contributed by atoms with van der Waals surface area (Å²) in [7, 11) is 0. The number of rotatable bonds is 10. The minimum Gasteiger partial charge on any atom is -0.380 e. The van der Waals surface area contributed by atoms with Crippen molar-refractivity contribution in [3.8, 4) is 0 Å². The van der Waals surface area contributed by atoms with Crippen LogP contribution in [-0.2, 0) is 11.3 Å². The molecule has 5 nitrogen and oxygen atoms in total. The monoisotopic (exact) mass is 280 g/mol. The Morgan fingerprint density at radius 3 is 2.70 bits per heavy atom. The van der Waals surface area contributed by atoms with E-state index in [1.165, 1.54) is 25.3 Å². The minimum atomic E-state index is -0.368. The lowest BCUT2D eigenvalue weighted by Crippen LogP contribution is -2.03. The fraction of sp³-hybridized carbons (Fsp3) is 0.600. The number of nitro groups is 1. The zero-order valence-electron chi connectivity index (χ0n) is 12.4. The second kappa shape index (κ2) is 9.31. The molecule has 0 fully saturated rings. The zero-order valence-corrected chi connectivity index (χ0v) is 12.4. The van der Waals surface area contributed by atoms with E-state index in [-0.39, 0.29) is 10.6 Å². The average molecular weight is 280 g/mol. The Kier molecular flexibility index (Phi) is 7.65. The molecule has 20 heavy (non-hydrogen) atoms. The molecule has 0 radical (unpaired) electrons. The molecular weight excluding hydrogens is 256 g/mol. The predicted octanol–water partition coefficient (Wildman–Crippen LogP) is 4.12. The summed E-state index contributed by atoms with van der Waals surface area (Å²) in [6, 6.07) is 5.09. The quantitative estimate of drug-likeness (QED) is 0.398. The summed E-state index contributed by atoms with van der Waals surface area (Å²) in [5, 5.41) is 13.9. The van der Waals surface area contributed by atoms with E-state index in [4.69, 9.17) is 4.74 Å². The lowest BCUT2D eigenvalue weighted by Gasteiger charge is -2.08. The molecule has 0 aliphatic carbocycles. The van der Waals surface area contributed by atoms with Crippen LogP contribution < -0.4 is 5.32 Å². The van der Waals surface area contributed by atoms with Crippen molar-refractivity contribution in [3.63, 3.8) is 0 Å². The summed E-state index contributed by atoms with van der Waals surface area (Å²) in [6.07, 6.45) is 4.72. The molecule has 0 atom stereocenters. The van der Waals surface area contributed by atoms with Crippen LogP contribution in [0.5, 0.6) is 0 Å². The second-order valence-electron chi connectivity index (χ2n) is 4.75. The topological polar surface area (TPSA) is 64.4 Å². The molecule has 0 heterocycles. The first kappa shape index (κ1) is 16.4. The third-order valence-corrected chi connectivity index (χ3v) is 3.04. The highest BCUT2D eigenvalue weighted by Crippen LogP contribution is 2.25. The lowest BCUT2D eigenvalue weighted by molar-refractivity contribution is -0.384. The number of anilines is 1. The molecular formula is C15H24N2O3. The van der Waals surface area contributed by atoms with E-state index in [0.717, 1.165) is 18.6 Å². The molecule has 0 unspecified atom stereocenters. The van der Waals surface area contributed by atoms with Gasteiger partial charge in [-0.1, -0.05) is 26.2 Å². The molecule has 0 saturated heterocycles. The van der Waals surface area contributed by atoms with Gasteiger partial charge in [-0.05, 0) is 31.0 Å². The number of benzene rings is 1. The maximum Gasteiger partial charge on any atom is 0.292 e. The Morgan fingerprint density at radius 1 is 1.25 bits per heavy atom. The Hall–Kier alpha value is -1.62. The zero-order chi connectivity index (χ0) is 14.8. The van der Waals surface area contributed by atoms with Gasteiger partial charge in [-0.15, -0.1) is 0 Å². The van der Waals surface area contributed by atoms with Crippen molar-refractivity contribution in [2.24, 2.45) is 0 Å². The van der Waals surface area contributed by atoms with E-state index >= 15 is 0 Å². The number of nitrogens with one attached hydrogen (secondary N) is 1. The normalized spacial score (nSPS) is 10.5. The van der Waals surface area contributed by atoms with E-state index in [1.807, 2.05) is 6.92 Å². The first-order valence-corrected chi connectivity index (χ1v) is 7.28. The van der Waals surface area contributed by atoms with Crippen molar-refractivity contribution in [1.29, 1.82) is 0 Å². The van der Waals surface area contributed by atoms with Crippen LogP contribution in [0.3, 0.4) is 0 Å². The molecule has 1 rings (SSSR count). The number of hydrogen-bond donors (Lipinski definition) is 1. The molecule has 1 aromatic rings. The van der Waals surface area contributed by atoms with Gasteiger partial charge in [0.05, 0.1) is 11.5 Å². The van der Waals surface area contributed by atoms with E-state index in [2.05, 4.69) is 12.2 Å². The Bertz CT molecular complexity index is 422. The number of ether oxygens (including phenoxy) is 1. The Labute approximate surface area is 120 Å². The SMILES string of the molecule is CCCCCCOCc1ccc([N+](=O)[O-])c(NCC)c1. The minimum absolute atomic E-state index is 0.110. The average Bonchev–Trinajstić information content (AvgIpc) is 2.43. The summed E-state index contributed by atoms with van der Waals surface area (Å²) in [5.41, 5.74) is 1.63. The van der Waals surface area contributed by atoms with Crippen molar-refractivity contribution < 1.29 is 9.66 Å². The third-order valence-electron chi connectivity index (χ3n) is 3.04. The van der Waals surface area contributed by atoms with Crippen LogP contribution in [0.1, 0.15) is 45.1 Å². The summed E-state index contributed by atoms with van der Waals surface area (Å²) >= 11 is 0. The Morgan fingerprint density at radius 2 is 2.05 bits per heavy atom. The molecule has 0 saturated carbocycles. The molecule has 1 aromatic carbocycles. The molecule has 112 valence electrons. The van der Waals surface area contributed by atoms with E-state index in [0.29, 0.717) is 18.8 Å². The predicted molar refractivity (Wildman–Crippen MR) is 81.1 cm³/mol. The molecule has 1 N–H and O–H groups in total. The van der Waals surface area contributed by atoms with E-state index < -0.39 is 0 Å². The van der Waals surface area contributed by atoms with Crippen molar-refractivity contribution in [2.45, 2.75) is 46.1 Å². The van der Waals surface area contributed by atoms with Crippen molar-refractivity contribution in [3.05, 3.63) is 33.9 Å². The fourth-order valence-corrected chi connectivity index (χ4v) is 1.99. The molecule has 0 amide bonds. The highest BCUT2D eigenvalue weighted by atomic mass is 16.6. The second-order valence-corrected chi connectivity index (χ2v) is 4.75. The van der Waals surface area contributed by atoms with Gasteiger partial charge in [-0.3, -0.25) is 10.1 Å². The van der Waals surface area contributed by atoms with Crippen LogP contribution in [0, 0.1) is 10.1 Å². The van der Waals surface area contributed by atoms with Gasteiger partial charge in [0.2, 0.25) is 0 Å². The molecule has 5 heteroatoms. The number of nitro benzene ring substituents is 1. The Balaban J connectivity index is 2.50. The largest absolute Gasteiger partial charge is 0.380 e. The van der Waals surface area contributed by atoms with Crippen molar-refractivity contribution in [1.82, 2.24) is 0 Å². The summed E-state index contributed by atoms with van der Waals surface area (Å²) in [4.78, 5) is 10.5. The summed E-state index contributed by atoms with van der Waals surface area (Å²) < 4.78 is 5.60. The molecule has 0 aliphatic heterocycles. The first-order chi connectivity index (χ1) is 9.69. The lowest BCUT2D eigenvalue weighted by atomic mass is 10.2. The van der Waals surface area contributed by atoms with E-state index in [1.54, 1.807) is 12.1 Å². The van der Waals surface area contributed by atoms with Crippen LogP contribution >= 0.6 is 0 Å². The maximum atomic E-state index is 10.9. The van der Waals surface area contributed by atoms with Crippen LogP contribution in [0.25, 0.3) is 0 Å². The number of unbranched alkanes of at least 4 members (excludes halogenated alkanes) is 3. The molecule has 0 aromatic heterocycles. The van der Waals surface area contributed by atoms with Crippen LogP contribution in [0.15, 0.2) is 18.2 Å². The van der Waals surface area contributed by atoms with E-state index in [9.17, 15) is 10.1 Å². The first-order valence-electron chi connectivity index (χ1n) is 7.28. The summed E-state index contributed by atoms with van der Waals surface area (Å²) in [5.74, 6) is 0.